The first kappa shape index (κ1) is 31.5. The third-order valence-corrected chi connectivity index (χ3v) is 6.91. The Bertz CT molecular complexity index is 862. The number of para-hydroxylation sites is 1. The van der Waals surface area contributed by atoms with Crippen molar-refractivity contribution in [3.8, 4) is 17.2 Å². The number of hydrogen-bond acceptors (Lipinski definition) is 5. The number of nitrogens with zero attached hydrogens (tertiary/aromatic N) is 2. The van der Waals surface area contributed by atoms with Crippen LogP contribution >= 0.6 is 0 Å². The Hall–Kier alpha value is -2.70. The highest BCUT2D eigenvalue weighted by molar-refractivity contribution is 5.92. The Balaban J connectivity index is 1.47. The molecular formula is C31H51N3O4. The molecule has 0 aliphatic carbocycles. The molecule has 1 amide bonds. The van der Waals surface area contributed by atoms with Gasteiger partial charge in [-0.15, -0.1) is 0 Å². The lowest BCUT2D eigenvalue weighted by atomic mass is 10.0. The quantitative estimate of drug-likeness (QED) is 0.148. The summed E-state index contributed by atoms with van der Waals surface area (Å²) in [6, 6.07) is 7.14. The van der Waals surface area contributed by atoms with Crippen LogP contribution in [0.25, 0.3) is 0 Å². The summed E-state index contributed by atoms with van der Waals surface area (Å²) in [6.07, 6.45) is 23.2. The molecule has 1 aromatic heterocycles. The maximum atomic E-state index is 12.4. The van der Waals surface area contributed by atoms with Crippen molar-refractivity contribution in [3.05, 3.63) is 36.2 Å². The molecule has 0 atom stereocenters. The minimum atomic E-state index is -0.153. The first-order valence-corrected chi connectivity index (χ1v) is 14.8. The van der Waals surface area contributed by atoms with Gasteiger partial charge in [-0.25, -0.2) is 4.68 Å². The van der Waals surface area contributed by atoms with Crippen molar-refractivity contribution in [2.45, 2.75) is 116 Å². The number of carbonyl (C=O) groups is 1. The molecule has 2 aromatic rings. The lowest BCUT2D eigenvalue weighted by Gasteiger charge is -2.13. The van der Waals surface area contributed by atoms with E-state index in [1.54, 1.807) is 43.3 Å². The van der Waals surface area contributed by atoms with E-state index in [9.17, 15) is 4.79 Å². The normalized spacial score (nSPS) is 10.9. The number of unbranched alkanes of at least 4 members (excludes halogenated alkanes) is 15. The Morgan fingerprint density at radius 2 is 1.26 bits per heavy atom. The van der Waals surface area contributed by atoms with Gasteiger partial charge in [-0.1, -0.05) is 109 Å². The molecule has 0 aliphatic rings. The van der Waals surface area contributed by atoms with E-state index in [0.717, 1.165) is 12.8 Å². The molecule has 0 bridgehead atoms. The van der Waals surface area contributed by atoms with E-state index in [2.05, 4.69) is 17.3 Å². The number of nitrogens with one attached hydrogen (secondary N) is 1. The fraction of sp³-hybridized carbons (Fsp3) is 0.677. The van der Waals surface area contributed by atoms with Crippen LogP contribution in [-0.4, -0.2) is 36.5 Å². The minimum Gasteiger partial charge on any atom is -0.493 e. The topological polar surface area (TPSA) is 74.6 Å². The van der Waals surface area contributed by atoms with Gasteiger partial charge in [0.25, 0.3) is 5.91 Å². The largest absolute Gasteiger partial charge is 0.493 e. The van der Waals surface area contributed by atoms with Crippen LogP contribution in [0.3, 0.4) is 0 Å². The van der Waals surface area contributed by atoms with Crippen molar-refractivity contribution in [1.29, 1.82) is 0 Å². The zero-order valence-electron chi connectivity index (χ0n) is 24.1. The Morgan fingerprint density at radius 1 is 0.763 bits per heavy atom. The number of amides is 1. The van der Waals surface area contributed by atoms with Gasteiger partial charge in [-0.05, 0) is 24.6 Å². The van der Waals surface area contributed by atoms with Gasteiger partial charge in [0.15, 0.2) is 18.2 Å². The lowest BCUT2D eigenvalue weighted by molar-refractivity contribution is 0.0945. The van der Waals surface area contributed by atoms with E-state index >= 15 is 0 Å². The molecule has 0 fully saturated rings. The van der Waals surface area contributed by atoms with Gasteiger partial charge < -0.3 is 19.5 Å². The Kier molecular flexibility index (Phi) is 16.8. The second-order valence-electron chi connectivity index (χ2n) is 10.1. The van der Waals surface area contributed by atoms with Crippen molar-refractivity contribution in [2.24, 2.45) is 0 Å². The number of hydrogen-bond donors (Lipinski definition) is 1. The fourth-order valence-corrected chi connectivity index (χ4v) is 4.61. The van der Waals surface area contributed by atoms with Crippen LogP contribution in [0.2, 0.25) is 0 Å². The van der Waals surface area contributed by atoms with Gasteiger partial charge in [-0.3, -0.25) is 4.79 Å². The predicted octanol–water partition coefficient (Wildman–Crippen LogP) is 7.93. The SMILES string of the molecule is CCCCCCCCCCCCCCCCCCNC(=O)c1ccn(COc2c(OC)cccc2OC)n1. The molecule has 7 nitrogen and oxygen atoms in total. The van der Waals surface area contributed by atoms with Crippen LogP contribution in [0.4, 0.5) is 0 Å². The first-order chi connectivity index (χ1) is 18.7. The van der Waals surface area contributed by atoms with Crippen LogP contribution in [0.1, 0.15) is 120 Å². The summed E-state index contributed by atoms with van der Waals surface area (Å²) in [5.74, 6) is 1.50. The van der Waals surface area contributed by atoms with Crippen LogP contribution in [0, 0.1) is 0 Å². The minimum absolute atomic E-state index is 0.142. The number of carbonyl (C=O) groups excluding carboxylic acids is 1. The molecule has 0 aliphatic heterocycles. The van der Waals surface area contributed by atoms with Gasteiger partial charge in [0.1, 0.15) is 5.69 Å². The highest BCUT2D eigenvalue weighted by Crippen LogP contribution is 2.36. The van der Waals surface area contributed by atoms with Gasteiger partial charge in [0, 0.05) is 12.7 Å². The van der Waals surface area contributed by atoms with Crippen LogP contribution in [0.5, 0.6) is 17.2 Å². The fourth-order valence-electron chi connectivity index (χ4n) is 4.61. The number of benzene rings is 1. The molecule has 0 unspecified atom stereocenters. The van der Waals surface area contributed by atoms with Gasteiger partial charge >= 0.3 is 0 Å². The average molecular weight is 530 g/mol. The van der Waals surface area contributed by atoms with Gasteiger partial charge in [0.05, 0.1) is 14.2 Å². The molecule has 1 aromatic carbocycles. The van der Waals surface area contributed by atoms with E-state index < -0.39 is 0 Å². The van der Waals surface area contributed by atoms with Gasteiger partial charge in [0.2, 0.25) is 5.75 Å². The molecule has 2 rings (SSSR count). The van der Waals surface area contributed by atoms with Gasteiger partial charge in [-0.2, -0.15) is 5.10 Å². The standard InChI is InChI=1S/C31H51N3O4/c1-4-5-6-7-8-9-10-11-12-13-14-15-16-17-18-19-24-32-31(35)27-23-25-34(33-27)26-38-30-28(36-2)21-20-22-29(30)37-3/h20-23,25H,4-19,24,26H2,1-3H3,(H,32,35). The van der Waals surface area contributed by atoms with Crippen molar-refractivity contribution < 1.29 is 19.0 Å². The molecule has 0 saturated heterocycles. The monoisotopic (exact) mass is 529 g/mol. The third kappa shape index (κ3) is 12.7. The first-order valence-electron chi connectivity index (χ1n) is 14.8. The third-order valence-electron chi connectivity index (χ3n) is 6.91. The molecule has 0 spiro atoms. The molecule has 7 heteroatoms. The van der Waals surface area contributed by atoms with Crippen molar-refractivity contribution >= 4 is 5.91 Å². The van der Waals surface area contributed by atoms with E-state index in [0.29, 0.717) is 29.5 Å². The summed E-state index contributed by atoms with van der Waals surface area (Å²) in [4.78, 5) is 12.4. The Morgan fingerprint density at radius 3 is 1.76 bits per heavy atom. The van der Waals surface area contributed by atoms with E-state index in [1.165, 1.54) is 89.9 Å². The summed E-state index contributed by atoms with van der Waals surface area (Å²) >= 11 is 0. The molecule has 38 heavy (non-hydrogen) atoms. The molecule has 214 valence electrons. The van der Waals surface area contributed by atoms with E-state index in [1.807, 2.05) is 6.07 Å². The summed E-state index contributed by atoms with van der Waals surface area (Å²) < 4.78 is 18.1. The van der Waals surface area contributed by atoms with Crippen LogP contribution < -0.4 is 19.5 Å². The molecule has 1 N–H and O–H groups in total. The summed E-state index contributed by atoms with van der Waals surface area (Å²) in [7, 11) is 3.16. The molecule has 1 heterocycles. The van der Waals surface area contributed by atoms with E-state index in [-0.39, 0.29) is 12.6 Å². The number of rotatable bonds is 23. The highest BCUT2D eigenvalue weighted by atomic mass is 16.5. The maximum absolute atomic E-state index is 12.4. The number of ether oxygens (including phenoxy) is 3. The van der Waals surface area contributed by atoms with Crippen LogP contribution in [0.15, 0.2) is 30.5 Å². The number of methoxy groups -OCH3 is 2. The number of aromatic nitrogens is 2. The summed E-state index contributed by atoms with van der Waals surface area (Å²) in [5, 5.41) is 7.31. The maximum Gasteiger partial charge on any atom is 0.271 e. The second kappa shape index (κ2) is 20.3. The lowest BCUT2D eigenvalue weighted by Crippen LogP contribution is -2.25. The molecule has 0 saturated carbocycles. The van der Waals surface area contributed by atoms with Crippen molar-refractivity contribution in [2.75, 3.05) is 20.8 Å². The smallest absolute Gasteiger partial charge is 0.271 e. The van der Waals surface area contributed by atoms with Crippen LogP contribution in [-0.2, 0) is 6.73 Å². The summed E-state index contributed by atoms with van der Waals surface area (Å²) in [5.41, 5.74) is 0.386. The van der Waals surface area contributed by atoms with E-state index in [4.69, 9.17) is 14.2 Å². The zero-order valence-corrected chi connectivity index (χ0v) is 24.1. The van der Waals surface area contributed by atoms with Crippen molar-refractivity contribution in [1.82, 2.24) is 15.1 Å². The Labute approximate surface area is 230 Å². The molecular weight excluding hydrogens is 478 g/mol. The van der Waals surface area contributed by atoms with Crippen molar-refractivity contribution in [3.63, 3.8) is 0 Å². The average Bonchev–Trinajstić information content (AvgIpc) is 3.42. The predicted molar refractivity (Wildman–Crippen MR) is 154 cm³/mol. The zero-order chi connectivity index (χ0) is 27.3. The molecule has 0 radical (unpaired) electrons. The summed E-state index contributed by atoms with van der Waals surface area (Å²) in [6.45, 7) is 3.10. The second-order valence-corrected chi connectivity index (χ2v) is 10.1. The highest BCUT2D eigenvalue weighted by Gasteiger charge is 2.13.